The number of hydrogen-bond donors (Lipinski definition) is 2. The maximum atomic E-state index is 11.0. The molecule has 0 aliphatic carbocycles. The fourth-order valence-corrected chi connectivity index (χ4v) is 2.13. The molecule has 72 valence electrons. The molecule has 1 atom stereocenters. The fourth-order valence-electron chi connectivity index (χ4n) is 1.15. The van der Waals surface area contributed by atoms with Gasteiger partial charge in [0.05, 0.1) is 0 Å². The predicted octanol–water partition coefficient (Wildman–Crippen LogP) is 1.64. The molecular weight excluding hydrogens is 186 g/mol. The Morgan fingerprint density at radius 3 is 2.62 bits per heavy atom. The van der Waals surface area contributed by atoms with Crippen molar-refractivity contribution >= 4 is 17.3 Å². The highest BCUT2D eigenvalue weighted by Crippen LogP contribution is 2.30. The number of thiophene rings is 1. The molecule has 1 aromatic heterocycles. The second-order valence-corrected chi connectivity index (χ2v) is 4.25. The highest BCUT2D eigenvalue weighted by molar-refractivity contribution is 7.10. The van der Waals surface area contributed by atoms with E-state index in [4.69, 9.17) is 10.8 Å². The van der Waals surface area contributed by atoms with Crippen LogP contribution in [0.1, 0.15) is 18.7 Å². The van der Waals surface area contributed by atoms with Gasteiger partial charge in [-0.2, -0.15) is 0 Å². The Bertz CT molecular complexity index is 295. The lowest BCUT2D eigenvalue weighted by Gasteiger charge is -2.27. The summed E-state index contributed by atoms with van der Waals surface area (Å²) >= 11 is 1.38. The van der Waals surface area contributed by atoms with Gasteiger partial charge in [0.25, 0.3) is 0 Å². The van der Waals surface area contributed by atoms with Gasteiger partial charge in [-0.1, -0.05) is 19.9 Å². The van der Waals surface area contributed by atoms with E-state index in [2.05, 4.69) is 0 Å². The summed E-state index contributed by atoms with van der Waals surface area (Å²) in [6.07, 6.45) is 0. The molecule has 0 saturated carbocycles. The molecule has 13 heavy (non-hydrogen) atoms. The Kier molecular flexibility index (Phi) is 2.73. The van der Waals surface area contributed by atoms with E-state index in [-0.39, 0.29) is 5.92 Å². The molecular formula is C9H13NO2S. The first-order valence-corrected chi connectivity index (χ1v) is 4.93. The third-order valence-corrected chi connectivity index (χ3v) is 3.21. The zero-order valence-corrected chi connectivity index (χ0v) is 8.47. The van der Waals surface area contributed by atoms with E-state index in [1.807, 2.05) is 25.3 Å². The number of aliphatic carboxylic acids is 1. The van der Waals surface area contributed by atoms with Crippen molar-refractivity contribution in [1.29, 1.82) is 0 Å². The monoisotopic (exact) mass is 199 g/mol. The van der Waals surface area contributed by atoms with Gasteiger partial charge in [0, 0.05) is 4.88 Å². The van der Waals surface area contributed by atoms with Crippen molar-refractivity contribution in [2.24, 2.45) is 11.7 Å². The van der Waals surface area contributed by atoms with Crippen LogP contribution in [0.4, 0.5) is 0 Å². The number of carboxylic acids is 1. The topological polar surface area (TPSA) is 63.3 Å². The third kappa shape index (κ3) is 1.59. The lowest BCUT2D eigenvalue weighted by Crippen LogP contribution is -2.48. The van der Waals surface area contributed by atoms with Crippen molar-refractivity contribution in [3.63, 3.8) is 0 Å². The smallest absolute Gasteiger partial charge is 0.329 e. The Labute approximate surface area is 81.2 Å². The van der Waals surface area contributed by atoms with Gasteiger partial charge in [-0.15, -0.1) is 11.3 Å². The van der Waals surface area contributed by atoms with Crippen molar-refractivity contribution in [2.45, 2.75) is 19.4 Å². The molecule has 1 aromatic rings. The zero-order chi connectivity index (χ0) is 10.1. The molecule has 0 fully saturated rings. The second-order valence-electron chi connectivity index (χ2n) is 3.31. The van der Waals surface area contributed by atoms with Crippen molar-refractivity contribution < 1.29 is 9.90 Å². The minimum Gasteiger partial charge on any atom is -0.480 e. The summed E-state index contributed by atoms with van der Waals surface area (Å²) < 4.78 is 0. The lowest BCUT2D eigenvalue weighted by molar-refractivity contribution is -0.145. The first kappa shape index (κ1) is 10.2. The van der Waals surface area contributed by atoms with Crippen LogP contribution in [0.3, 0.4) is 0 Å². The quantitative estimate of drug-likeness (QED) is 0.778. The second kappa shape index (κ2) is 3.47. The fraction of sp³-hybridized carbons (Fsp3) is 0.444. The maximum absolute atomic E-state index is 11.0. The molecule has 0 spiro atoms. The molecule has 3 nitrogen and oxygen atoms in total. The normalized spacial score (nSPS) is 15.7. The predicted molar refractivity (Wildman–Crippen MR) is 52.7 cm³/mol. The molecule has 0 aliphatic heterocycles. The van der Waals surface area contributed by atoms with Gasteiger partial charge in [-0.05, 0) is 17.4 Å². The molecule has 0 aliphatic rings. The number of rotatable bonds is 3. The van der Waals surface area contributed by atoms with Gasteiger partial charge in [-0.3, -0.25) is 0 Å². The van der Waals surface area contributed by atoms with Gasteiger partial charge in [-0.25, -0.2) is 4.79 Å². The van der Waals surface area contributed by atoms with Crippen LogP contribution in [-0.4, -0.2) is 11.1 Å². The molecule has 0 radical (unpaired) electrons. The third-order valence-electron chi connectivity index (χ3n) is 2.19. The van der Waals surface area contributed by atoms with E-state index in [1.165, 1.54) is 11.3 Å². The standard InChI is InChI=1S/C9H13NO2S/c1-6(2)9(10,8(11)12)7-4-3-5-13-7/h3-6H,10H2,1-2H3,(H,11,12). The Morgan fingerprint density at radius 2 is 2.31 bits per heavy atom. The van der Waals surface area contributed by atoms with Crippen LogP contribution in [0, 0.1) is 5.92 Å². The van der Waals surface area contributed by atoms with E-state index in [0.29, 0.717) is 4.88 Å². The Hall–Kier alpha value is -0.870. The van der Waals surface area contributed by atoms with E-state index >= 15 is 0 Å². The largest absolute Gasteiger partial charge is 0.480 e. The van der Waals surface area contributed by atoms with Crippen LogP contribution in [0.25, 0.3) is 0 Å². The van der Waals surface area contributed by atoms with Gasteiger partial charge in [0.1, 0.15) is 0 Å². The summed E-state index contributed by atoms with van der Waals surface area (Å²) in [6, 6.07) is 3.58. The van der Waals surface area contributed by atoms with Crippen molar-refractivity contribution in [3.8, 4) is 0 Å². The highest BCUT2D eigenvalue weighted by atomic mass is 32.1. The number of carboxylic acid groups (broad SMARTS) is 1. The SMILES string of the molecule is CC(C)C(N)(C(=O)O)c1cccs1. The molecule has 1 rings (SSSR count). The molecule has 4 heteroatoms. The summed E-state index contributed by atoms with van der Waals surface area (Å²) in [5.74, 6) is -1.09. The van der Waals surface area contributed by atoms with E-state index < -0.39 is 11.5 Å². The van der Waals surface area contributed by atoms with Crippen LogP contribution in [-0.2, 0) is 10.3 Å². The van der Waals surface area contributed by atoms with Crippen LogP contribution >= 0.6 is 11.3 Å². The molecule has 0 saturated heterocycles. The molecule has 1 unspecified atom stereocenters. The Balaban J connectivity index is 3.13. The average molecular weight is 199 g/mol. The first-order chi connectivity index (χ1) is 5.99. The van der Waals surface area contributed by atoms with Crippen molar-refractivity contribution in [1.82, 2.24) is 0 Å². The van der Waals surface area contributed by atoms with E-state index in [0.717, 1.165) is 0 Å². The van der Waals surface area contributed by atoms with Crippen molar-refractivity contribution in [3.05, 3.63) is 22.4 Å². The highest BCUT2D eigenvalue weighted by Gasteiger charge is 2.40. The van der Waals surface area contributed by atoms with Crippen LogP contribution in [0.5, 0.6) is 0 Å². The molecule has 1 heterocycles. The average Bonchev–Trinajstić information content (AvgIpc) is 2.54. The van der Waals surface area contributed by atoms with Gasteiger partial charge in [0.15, 0.2) is 5.54 Å². The zero-order valence-electron chi connectivity index (χ0n) is 7.65. The van der Waals surface area contributed by atoms with Crippen LogP contribution in [0.2, 0.25) is 0 Å². The minimum atomic E-state index is -1.24. The first-order valence-electron chi connectivity index (χ1n) is 4.05. The van der Waals surface area contributed by atoms with Crippen molar-refractivity contribution in [2.75, 3.05) is 0 Å². The molecule has 0 bridgehead atoms. The molecule has 0 aromatic carbocycles. The van der Waals surface area contributed by atoms with E-state index in [9.17, 15) is 4.79 Å². The summed E-state index contributed by atoms with van der Waals surface area (Å²) in [5, 5.41) is 10.9. The van der Waals surface area contributed by atoms with Crippen LogP contribution in [0.15, 0.2) is 17.5 Å². The number of nitrogens with two attached hydrogens (primary N) is 1. The summed E-state index contributed by atoms with van der Waals surface area (Å²) in [4.78, 5) is 11.7. The molecule has 0 amide bonds. The molecule has 3 N–H and O–H groups in total. The lowest BCUT2D eigenvalue weighted by atomic mass is 9.86. The van der Waals surface area contributed by atoms with Gasteiger partial charge >= 0.3 is 5.97 Å². The van der Waals surface area contributed by atoms with E-state index in [1.54, 1.807) is 6.07 Å². The van der Waals surface area contributed by atoms with Gasteiger partial charge < -0.3 is 10.8 Å². The van der Waals surface area contributed by atoms with Gasteiger partial charge in [0.2, 0.25) is 0 Å². The summed E-state index contributed by atoms with van der Waals surface area (Å²) in [6.45, 7) is 3.63. The maximum Gasteiger partial charge on any atom is 0.329 e. The number of hydrogen-bond acceptors (Lipinski definition) is 3. The number of carbonyl (C=O) groups is 1. The minimum absolute atomic E-state index is 0.122. The Morgan fingerprint density at radius 1 is 1.69 bits per heavy atom. The summed E-state index contributed by atoms with van der Waals surface area (Å²) in [5.41, 5.74) is 4.62. The van der Waals surface area contributed by atoms with Crippen LogP contribution < -0.4 is 5.73 Å². The summed E-state index contributed by atoms with van der Waals surface area (Å²) in [7, 11) is 0.